The molecule has 2 aromatic rings. The van der Waals surface area contributed by atoms with Crippen molar-refractivity contribution in [1.29, 1.82) is 0 Å². The standard InChI is InChI=1S/C13H13FN2O2/c1-9-6-7-13(18)16(15-9)8-12(17)10-4-2-3-5-11(10)14/h2-7,12,17H,8H2,1H3. The highest BCUT2D eigenvalue weighted by atomic mass is 19.1. The van der Waals surface area contributed by atoms with E-state index in [1.807, 2.05) is 0 Å². The van der Waals surface area contributed by atoms with Crippen LogP contribution >= 0.6 is 0 Å². The molecule has 1 N–H and O–H groups in total. The van der Waals surface area contributed by atoms with Crippen LogP contribution in [0, 0.1) is 12.7 Å². The summed E-state index contributed by atoms with van der Waals surface area (Å²) in [6.45, 7) is 1.67. The fourth-order valence-electron chi connectivity index (χ4n) is 1.69. The zero-order valence-electron chi connectivity index (χ0n) is 9.88. The lowest BCUT2D eigenvalue weighted by molar-refractivity contribution is 0.145. The molecule has 0 spiro atoms. The fourth-order valence-corrected chi connectivity index (χ4v) is 1.69. The molecule has 2 rings (SSSR count). The maximum absolute atomic E-state index is 13.5. The van der Waals surface area contributed by atoms with Gasteiger partial charge in [-0.15, -0.1) is 0 Å². The van der Waals surface area contributed by atoms with Crippen molar-refractivity contribution in [2.24, 2.45) is 0 Å². The molecule has 1 heterocycles. The van der Waals surface area contributed by atoms with Gasteiger partial charge in [0.05, 0.1) is 12.2 Å². The molecule has 1 unspecified atom stereocenters. The molecular weight excluding hydrogens is 235 g/mol. The number of aromatic nitrogens is 2. The minimum absolute atomic E-state index is 0.0680. The summed E-state index contributed by atoms with van der Waals surface area (Å²) < 4.78 is 14.6. The Kier molecular flexibility index (Phi) is 3.53. The van der Waals surface area contributed by atoms with E-state index >= 15 is 0 Å². The predicted molar refractivity (Wildman–Crippen MR) is 64.6 cm³/mol. The second-order valence-corrected chi connectivity index (χ2v) is 4.03. The molecular formula is C13H13FN2O2. The van der Waals surface area contributed by atoms with E-state index in [4.69, 9.17) is 0 Å². The van der Waals surface area contributed by atoms with E-state index in [1.54, 1.807) is 25.1 Å². The maximum atomic E-state index is 13.5. The first-order chi connectivity index (χ1) is 8.58. The summed E-state index contributed by atoms with van der Waals surface area (Å²) in [6.07, 6.45) is -1.10. The van der Waals surface area contributed by atoms with Gasteiger partial charge in [-0.25, -0.2) is 9.07 Å². The maximum Gasteiger partial charge on any atom is 0.266 e. The number of benzene rings is 1. The Morgan fingerprint density at radius 1 is 1.33 bits per heavy atom. The third-order valence-electron chi connectivity index (χ3n) is 2.61. The molecule has 0 saturated carbocycles. The second-order valence-electron chi connectivity index (χ2n) is 4.03. The lowest BCUT2D eigenvalue weighted by atomic mass is 10.1. The van der Waals surface area contributed by atoms with Crippen molar-refractivity contribution in [1.82, 2.24) is 9.78 Å². The third kappa shape index (κ3) is 2.62. The SMILES string of the molecule is Cc1ccc(=O)n(CC(O)c2ccccc2F)n1. The van der Waals surface area contributed by atoms with Crippen LogP contribution in [0.5, 0.6) is 0 Å². The van der Waals surface area contributed by atoms with Crippen molar-refractivity contribution >= 4 is 0 Å². The normalized spacial score (nSPS) is 12.4. The molecule has 94 valence electrons. The summed E-state index contributed by atoms with van der Waals surface area (Å²) in [5, 5.41) is 13.9. The van der Waals surface area contributed by atoms with Crippen LogP contribution in [0.3, 0.4) is 0 Å². The van der Waals surface area contributed by atoms with Gasteiger partial charge in [0.15, 0.2) is 0 Å². The molecule has 1 aromatic carbocycles. The average molecular weight is 248 g/mol. The summed E-state index contributed by atoms with van der Waals surface area (Å²) in [7, 11) is 0. The first-order valence-electron chi connectivity index (χ1n) is 5.55. The van der Waals surface area contributed by atoms with Crippen molar-refractivity contribution in [2.45, 2.75) is 19.6 Å². The van der Waals surface area contributed by atoms with E-state index in [2.05, 4.69) is 5.10 Å². The molecule has 0 fully saturated rings. The van der Waals surface area contributed by atoms with Crippen LogP contribution in [0.25, 0.3) is 0 Å². The van der Waals surface area contributed by atoms with Crippen LogP contribution in [0.2, 0.25) is 0 Å². The van der Waals surface area contributed by atoms with Crippen molar-refractivity contribution in [3.05, 3.63) is 63.8 Å². The molecule has 1 atom stereocenters. The molecule has 5 heteroatoms. The van der Waals surface area contributed by atoms with Crippen LogP contribution in [0.1, 0.15) is 17.4 Å². The van der Waals surface area contributed by atoms with Crippen LogP contribution in [0.15, 0.2) is 41.2 Å². The lowest BCUT2D eigenvalue weighted by Gasteiger charge is -2.13. The Balaban J connectivity index is 2.27. The van der Waals surface area contributed by atoms with Crippen molar-refractivity contribution in [3.8, 4) is 0 Å². The fraction of sp³-hybridized carbons (Fsp3) is 0.231. The summed E-state index contributed by atoms with van der Waals surface area (Å²) in [5.74, 6) is -0.495. The van der Waals surface area contributed by atoms with Gasteiger partial charge < -0.3 is 5.11 Å². The Labute approximate surface area is 103 Å². The molecule has 4 nitrogen and oxygen atoms in total. The van der Waals surface area contributed by atoms with Gasteiger partial charge in [0.1, 0.15) is 11.9 Å². The summed E-state index contributed by atoms with van der Waals surface area (Å²) in [5.41, 5.74) is 0.499. The van der Waals surface area contributed by atoms with Gasteiger partial charge >= 0.3 is 0 Å². The number of aliphatic hydroxyl groups excluding tert-OH is 1. The van der Waals surface area contributed by atoms with Crippen LogP contribution in [-0.4, -0.2) is 14.9 Å². The molecule has 0 amide bonds. The third-order valence-corrected chi connectivity index (χ3v) is 2.61. The minimum Gasteiger partial charge on any atom is -0.386 e. The smallest absolute Gasteiger partial charge is 0.266 e. The van der Waals surface area contributed by atoms with E-state index in [9.17, 15) is 14.3 Å². The van der Waals surface area contributed by atoms with E-state index in [0.29, 0.717) is 5.69 Å². The average Bonchev–Trinajstić information content (AvgIpc) is 2.34. The van der Waals surface area contributed by atoms with Crippen molar-refractivity contribution in [2.75, 3.05) is 0 Å². The van der Waals surface area contributed by atoms with Crippen LogP contribution < -0.4 is 5.56 Å². The quantitative estimate of drug-likeness (QED) is 0.893. The Bertz CT molecular complexity index is 610. The first kappa shape index (κ1) is 12.4. The van der Waals surface area contributed by atoms with Crippen LogP contribution in [0.4, 0.5) is 4.39 Å². The number of hydrogen-bond donors (Lipinski definition) is 1. The zero-order chi connectivity index (χ0) is 13.1. The van der Waals surface area contributed by atoms with Gasteiger partial charge in [-0.2, -0.15) is 5.10 Å². The lowest BCUT2D eigenvalue weighted by Crippen LogP contribution is -2.25. The van der Waals surface area contributed by atoms with E-state index in [1.165, 1.54) is 18.2 Å². The summed E-state index contributed by atoms with van der Waals surface area (Å²) in [4.78, 5) is 11.5. The molecule has 0 aliphatic heterocycles. The van der Waals surface area contributed by atoms with Gasteiger partial charge in [0, 0.05) is 11.6 Å². The van der Waals surface area contributed by atoms with E-state index in [-0.39, 0.29) is 17.7 Å². The number of aryl methyl sites for hydroxylation is 1. The predicted octanol–water partition coefficient (Wildman–Crippen LogP) is 1.42. The highest BCUT2D eigenvalue weighted by Gasteiger charge is 2.13. The summed E-state index contributed by atoms with van der Waals surface area (Å²) in [6, 6.07) is 8.90. The Hall–Kier alpha value is -2.01. The molecule has 0 bridgehead atoms. The van der Waals surface area contributed by atoms with Crippen LogP contribution in [-0.2, 0) is 6.54 Å². The first-order valence-corrected chi connectivity index (χ1v) is 5.55. The highest BCUT2D eigenvalue weighted by molar-refractivity contribution is 5.19. The monoisotopic (exact) mass is 248 g/mol. The largest absolute Gasteiger partial charge is 0.386 e. The zero-order valence-corrected chi connectivity index (χ0v) is 9.88. The van der Waals surface area contributed by atoms with Gasteiger partial charge in [-0.1, -0.05) is 18.2 Å². The van der Waals surface area contributed by atoms with Crippen molar-refractivity contribution < 1.29 is 9.50 Å². The molecule has 0 saturated heterocycles. The molecule has 0 radical (unpaired) electrons. The van der Waals surface area contributed by atoms with Gasteiger partial charge in [-0.05, 0) is 19.1 Å². The minimum atomic E-state index is -1.10. The Morgan fingerprint density at radius 2 is 2.06 bits per heavy atom. The summed E-state index contributed by atoms with van der Waals surface area (Å²) >= 11 is 0. The Morgan fingerprint density at radius 3 is 2.78 bits per heavy atom. The number of nitrogens with zero attached hydrogens (tertiary/aromatic N) is 2. The molecule has 18 heavy (non-hydrogen) atoms. The van der Waals surface area contributed by atoms with E-state index < -0.39 is 11.9 Å². The molecule has 1 aromatic heterocycles. The molecule has 0 aliphatic rings. The van der Waals surface area contributed by atoms with Gasteiger partial charge in [-0.3, -0.25) is 4.79 Å². The van der Waals surface area contributed by atoms with E-state index in [0.717, 1.165) is 4.68 Å². The highest BCUT2D eigenvalue weighted by Crippen LogP contribution is 2.17. The number of rotatable bonds is 3. The second kappa shape index (κ2) is 5.10. The number of aliphatic hydroxyl groups is 1. The van der Waals surface area contributed by atoms with Crippen molar-refractivity contribution in [3.63, 3.8) is 0 Å². The molecule has 0 aliphatic carbocycles. The number of halogens is 1. The van der Waals surface area contributed by atoms with Gasteiger partial charge in [0.2, 0.25) is 0 Å². The van der Waals surface area contributed by atoms with Gasteiger partial charge in [0.25, 0.3) is 5.56 Å². The topological polar surface area (TPSA) is 55.1 Å². The number of hydrogen-bond acceptors (Lipinski definition) is 3.